The van der Waals surface area contributed by atoms with E-state index in [-0.39, 0.29) is 51.2 Å². The molecule has 3 aromatic rings. The molecule has 2 aromatic heterocycles. The van der Waals surface area contributed by atoms with Crippen molar-refractivity contribution in [2.75, 3.05) is 26.1 Å². The molecule has 0 aliphatic carbocycles. The van der Waals surface area contributed by atoms with E-state index in [0.29, 0.717) is 24.0 Å². The van der Waals surface area contributed by atoms with Gasteiger partial charge in [0.05, 0.1) is 24.1 Å². The van der Waals surface area contributed by atoms with Crippen molar-refractivity contribution in [1.82, 2.24) is 9.55 Å². The van der Waals surface area contributed by atoms with Crippen LogP contribution in [0.2, 0.25) is 5.15 Å². The van der Waals surface area contributed by atoms with Crippen LogP contribution in [0.1, 0.15) is 11.1 Å². The largest absolute Gasteiger partial charge is 0.493 e. The maximum atomic E-state index is 12.9. The normalized spacial score (nSPS) is 12.3. The second kappa shape index (κ2) is 7.96. The van der Waals surface area contributed by atoms with E-state index in [9.17, 15) is 25.0 Å². The molecule has 0 amide bonds. The van der Waals surface area contributed by atoms with E-state index in [1.54, 1.807) is 6.07 Å². The molecule has 1 aliphatic rings. The SMILES string of the molecule is COc1cc2cc(Cc3cc([N+](=O)[O-])c4[15n](c3=O)CCN4)c(Cl)nc2c([N+](=O)[O-])c1OC. The molecule has 0 atom stereocenters. The predicted molar refractivity (Wildman–Crippen MR) is 115 cm³/mol. The highest BCUT2D eigenvalue weighted by molar-refractivity contribution is 6.30. The Morgan fingerprint density at radius 3 is 2.53 bits per heavy atom. The molecular weight excluding hydrogens is 447 g/mol. The molecule has 0 saturated heterocycles. The third kappa shape index (κ3) is 3.34. The second-order valence-corrected chi connectivity index (χ2v) is 7.31. The molecule has 1 aliphatic heterocycles. The molecule has 0 bridgehead atoms. The number of nitro groups is 2. The first-order valence-electron chi connectivity index (χ1n) is 9.30. The van der Waals surface area contributed by atoms with Gasteiger partial charge >= 0.3 is 11.4 Å². The second-order valence-electron chi connectivity index (χ2n) is 6.95. The van der Waals surface area contributed by atoms with Crippen molar-refractivity contribution in [3.63, 3.8) is 0 Å². The van der Waals surface area contributed by atoms with Gasteiger partial charge in [-0.2, -0.15) is 0 Å². The van der Waals surface area contributed by atoms with E-state index in [1.165, 1.54) is 30.9 Å². The number of methoxy groups -OCH3 is 2. The smallest absolute Gasteiger partial charge is 0.340 e. The number of anilines is 1. The van der Waals surface area contributed by atoms with Crippen LogP contribution < -0.4 is 20.3 Å². The average molecular weight is 463 g/mol. The van der Waals surface area contributed by atoms with Crippen molar-refractivity contribution in [2.24, 2.45) is 0 Å². The van der Waals surface area contributed by atoms with Crippen molar-refractivity contribution in [3.8, 4) is 11.5 Å². The van der Waals surface area contributed by atoms with E-state index in [0.717, 1.165) is 0 Å². The van der Waals surface area contributed by atoms with Crippen LogP contribution in [0.25, 0.3) is 10.9 Å². The molecule has 32 heavy (non-hydrogen) atoms. The highest BCUT2D eigenvalue weighted by Crippen LogP contribution is 2.43. The van der Waals surface area contributed by atoms with Crippen LogP contribution in [0.4, 0.5) is 17.2 Å². The van der Waals surface area contributed by atoms with E-state index >= 15 is 0 Å². The molecule has 0 spiro atoms. The van der Waals surface area contributed by atoms with Crippen LogP contribution >= 0.6 is 11.6 Å². The fraction of sp³-hybridized carbons (Fsp3) is 0.263. The lowest BCUT2D eigenvalue weighted by atomic mass is 10.0. The molecular formula is C19H16ClN5O7. The van der Waals surface area contributed by atoms with Gasteiger partial charge in [0.1, 0.15) is 5.15 Å². The number of fused-ring (bicyclic) bond motifs is 2. The number of benzene rings is 1. The quantitative estimate of drug-likeness (QED) is 0.331. The molecule has 1 aromatic carbocycles. The van der Waals surface area contributed by atoms with Crippen molar-refractivity contribution >= 4 is 39.7 Å². The summed E-state index contributed by atoms with van der Waals surface area (Å²) in [5, 5.41) is 26.3. The van der Waals surface area contributed by atoms with Gasteiger partial charge in [-0.25, -0.2) is 4.98 Å². The molecule has 0 saturated carbocycles. The first kappa shape index (κ1) is 21.3. The van der Waals surface area contributed by atoms with E-state index in [1.807, 2.05) is 0 Å². The lowest BCUT2D eigenvalue weighted by molar-refractivity contribution is -0.384. The van der Waals surface area contributed by atoms with E-state index < -0.39 is 15.5 Å². The Labute approximate surface area is 184 Å². The summed E-state index contributed by atoms with van der Waals surface area (Å²) in [7, 11) is 2.62. The first-order valence-corrected chi connectivity index (χ1v) is 9.68. The molecule has 0 fully saturated rings. The van der Waals surface area contributed by atoms with Crippen LogP contribution in [-0.2, 0) is 13.0 Å². The van der Waals surface area contributed by atoms with Gasteiger partial charge in [-0.15, -0.1) is 0 Å². The number of nitrogens with one attached hydrogen (secondary N) is 1. The highest BCUT2D eigenvalue weighted by atomic mass is 35.5. The summed E-state index contributed by atoms with van der Waals surface area (Å²) < 4.78 is 11.7. The topological polar surface area (TPSA) is 152 Å². The summed E-state index contributed by atoms with van der Waals surface area (Å²) in [6.07, 6.45) is -0.0517. The van der Waals surface area contributed by atoms with E-state index in [4.69, 9.17) is 21.1 Å². The molecule has 0 radical (unpaired) electrons. The number of pyridine rings is 2. The van der Waals surface area contributed by atoms with Gasteiger partial charge in [0.25, 0.3) is 5.56 Å². The zero-order valence-corrected chi connectivity index (χ0v) is 17.6. The van der Waals surface area contributed by atoms with Crippen molar-refractivity contribution in [3.05, 3.63) is 65.1 Å². The Morgan fingerprint density at radius 2 is 1.91 bits per heavy atom. The molecule has 13 heteroatoms. The number of halogens is 1. The summed E-state index contributed by atoms with van der Waals surface area (Å²) in [6, 6.07) is 4.26. The summed E-state index contributed by atoms with van der Waals surface area (Å²) in [5.74, 6) is 0.196. The lowest BCUT2D eigenvalue weighted by Crippen LogP contribution is -2.23. The van der Waals surface area contributed by atoms with Crippen LogP contribution in [-0.4, -0.2) is 40.2 Å². The Bertz CT molecular complexity index is 1350. The Kier molecular flexibility index (Phi) is 5.30. The Hall–Kier alpha value is -3.93. The molecule has 1 N–H and O–H groups in total. The first-order chi connectivity index (χ1) is 15.3. The number of aromatic nitrogens is 2. The Balaban J connectivity index is 1.90. The minimum atomic E-state index is -0.643. The van der Waals surface area contributed by atoms with Gasteiger partial charge in [-0.1, -0.05) is 11.6 Å². The number of ether oxygens (including phenoxy) is 2. The third-order valence-corrected chi connectivity index (χ3v) is 5.51. The zero-order chi connectivity index (χ0) is 23.2. The average Bonchev–Trinajstić information content (AvgIpc) is 3.24. The minimum absolute atomic E-state index is 0.0118. The predicted octanol–water partition coefficient (Wildman–Crippen LogP) is 2.90. The van der Waals surface area contributed by atoms with Gasteiger partial charge in [0.2, 0.25) is 5.75 Å². The third-order valence-electron chi connectivity index (χ3n) is 5.18. The fourth-order valence-corrected chi connectivity index (χ4v) is 3.99. The number of nitro benzene ring substituents is 1. The number of rotatable bonds is 6. The minimum Gasteiger partial charge on any atom is -0.493 e. The highest BCUT2D eigenvalue weighted by Gasteiger charge is 2.28. The maximum absolute atomic E-state index is 12.9. The van der Waals surface area contributed by atoms with Gasteiger partial charge in [-0.05, 0) is 17.7 Å². The van der Waals surface area contributed by atoms with Gasteiger partial charge in [0.15, 0.2) is 17.1 Å². The van der Waals surface area contributed by atoms with Gasteiger partial charge in [0, 0.05) is 36.5 Å². The summed E-state index contributed by atoms with van der Waals surface area (Å²) in [6.45, 7) is 0.707. The van der Waals surface area contributed by atoms with Crippen LogP contribution in [0.15, 0.2) is 23.0 Å². The van der Waals surface area contributed by atoms with Crippen molar-refractivity contribution < 1.29 is 19.3 Å². The fourth-order valence-electron chi connectivity index (χ4n) is 3.79. The monoisotopic (exact) mass is 462 g/mol. The van der Waals surface area contributed by atoms with Crippen molar-refractivity contribution in [1.29, 1.82) is 0 Å². The number of hydrogen-bond donors (Lipinski definition) is 1. The summed E-state index contributed by atoms with van der Waals surface area (Å²) >= 11 is 6.31. The standard InChI is InChI=1S/C19H16ClN5O7/c1-31-13-8-9-5-10(17(20)22-14(9)15(25(29)30)16(13)32-2)6-11-7-12(24(27)28)18-21-3-4-23(18)19(11)26/h5,7-8,21H,3-4,6H2,1-2H3/i23+1. The van der Waals surface area contributed by atoms with Crippen LogP contribution in [0.5, 0.6) is 11.5 Å². The molecule has 0 unspecified atom stereocenters. The molecule has 12 nitrogen and oxygen atoms in total. The molecule has 4 rings (SSSR count). The van der Waals surface area contributed by atoms with Gasteiger partial charge in [-0.3, -0.25) is 29.6 Å². The summed E-state index contributed by atoms with van der Waals surface area (Å²) in [4.78, 5) is 39.0. The number of hydrogen-bond acceptors (Lipinski definition) is 9. The molecule has 3 heterocycles. The summed E-state index contributed by atoms with van der Waals surface area (Å²) in [5.41, 5.74) is -0.494. The van der Waals surface area contributed by atoms with Gasteiger partial charge < -0.3 is 14.8 Å². The zero-order valence-electron chi connectivity index (χ0n) is 16.9. The maximum Gasteiger partial charge on any atom is 0.340 e. The molecule has 166 valence electrons. The van der Waals surface area contributed by atoms with Crippen molar-refractivity contribution in [2.45, 2.75) is 13.0 Å². The Morgan fingerprint density at radius 1 is 1.16 bits per heavy atom. The van der Waals surface area contributed by atoms with E-state index in [2.05, 4.69) is 10.3 Å². The lowest BCUT2D eigenvalue weighted by Gasteiger charge is -2.12. The van der Waals surface area contributed by atoms with Crippen LogP contribution in [0.3, 0.4) is 0 Å². The number of nitrogens with zero attached hydrogens (tertiary/aromatic N) is 4. The van der Waals surface area contributed by atoms with Crippen LogP contribution in [0, 0.1) is 20.2 Å².